The Morgan fingerprint density at radius 2 is 2.17 bits per heavy atom. The first-order valence-corrected chi connectivity index (χ1v) is 11.4. The number of hydrogen-bond acceptors (Lipinski definition) is 5. The van der Waals surface area contributed by atoms with Crippen molar-refractivity contribution in [2.75, 3.05) is 6.54 Å². The van der Waals surface area contributed by atoms with Crippen LogP contribution in [0.15, 0.2) is 30.5 Å². The predicted molar refractivity (Wildman–Crippen MR) is 117 cm³/mol. The summed E-state index contributed by atoms with van der Waals surface area (Å²) in [6.45, 7) is 6.90. The Hall–Kier alpha value is -1.50. The van der Waals surface area contributed by atoms with E-state index in [1.54, 1.807) is 6.20 Å². The van der Waals surface area contributed by atoms with Crippen molar-refractivity contribution in [3.63, 3.8) is 0 Å². The average Bonchev–Trinajstić information content (AvgIpc) is 3.00. The summed E-state index contributed by atoms with van der Waals surface area (Å²) in [6, 6.07) is 8.34. The molecule has 1 saturated heterocycles. The van der Waals surface area contributed by atoms with Gasteiger partial charge in [-0.2, -0.15) is 0 Å². The number of likely N-dealkylation sites (tertiary alicyclic amines) is 1. The van der Waals surface area contributed by atoms with Crippen molar-refractivity contribution in [2.45, 2.75) is 63.2 Å². The van der Waals surface area contributed by atoms with E-state index in [2.05, 4.69) is 39.7 Å². The first-order chi connectivity index (χ1) is 13.9. The SMILES string of the molecule is CC(=O)O[C@H](c1ccnc2ccc(CO)cc12)[C@@H](C)N1CC[C@@H]2C1C[C@H]2[C@H](C)Br. The van der Waals surface area contributed by atoms with E-state index in [0.29, 0.717) is 10.9 Å². The highest BCUT2D eigenvalue weighted by atomic mass is 79.9. The van der Waals surface area contributed by atoms with Gasteiger partial charge in [-0.15, -0.1) is 0 Å². The highest BCUT2D eigenvalue weighted by Gasteiger charge is 2.51. The van der Waals surface area contributed by atoms with Gasteiger partial charge >= 0.3 is 5.97 Å². The molecule has 4 rings (SSSR count). The van der Waals surface area contributed by atoms with Gasteiger partial charge in [0.25, 0.3) is 0 Å². The first kappa shape index (κ1) is 20.8. The third-order valence-corrected chi connectivity index (χ3v) is 7.56. The van der Waals surface area contributed by atoms with E-state index < -0.39 is 0 Å². The van der Waals surface area contributed by atoms with Crippen molar-refractivity contribution >= 4 is 32.8 Å². The fraction of sp³-hybridized carbons (Fsp3) is 0.565. The minimum atomic E-state index is -0.369. The van der Waals surface area contributed by atoms with E-state index >= 15 is 0 Å². The summed E-state index contributed by atoms with van der Waals surface area (Å²) in [4.78, 5) is 19.5. The average molecular weight is 461 g/mol. The Kier molecular flexibility index (Phi) is 5.96. The molecule has 1 aliphatic carbocycles. The van der Waals surface area contributed by atoms with Crippen molar-refractivity contribution in [3.8, 4) is 0 Å². The molecule has 5 nitrogen and oxygen atoms in total. The number of benzene rings is 1. The lowest BCUT2D eigenvalue weighted by molar-refractivity contribution is -0.151. The van der Waals surface area contributed by atoms with Crippen LogP contribution in [-0.4, -0.2) is 44.4 Å². The zero-order chi connectivity index (χ0) is 20.7. The van der Waals surface area contributed by atoms with Gasteiger partial charge in [-0.05, 0) is 61.9 Å². The van der Waals surface area contributed by atoms with E-state index in [0.717, 1.165) is 40.4 Å². The standard InChI is InChI=1S/C23H29BrN2O3/c1-13(24)19-11-22-17(19)7-9-26(22)14(2)23(29-15(3)28)18-6-8-25-21-5-4-16(12-27)10-20(18)21/h4-6,8,10,13-14,17,19,22-23,27H,7,9,11-12H2,1-3H3/t13-,14+,17-,19-,22?,23-/m0/s1. The van der Waals surface area contributed by atoms with Crippen LogP contribution in [-0.2, 0) is 16.1 Å². The lowest BCUT2D eigenvalue weighted by Crippen LogP contribution is -2.52. The van der Waals surface area contributed by atoms with Crippen molar-refractivity contribution in [1.29, 1.82) is 0 Å². The lowest BCUT2D eigenvalue weighted by atomic mass is 9.68. The summed E-state index contributed by atoms with van der Waals surface area (Å²) in [7, 11) is 0. The maximum absolute atomic E-state index is 12.0. The molecule has 2 aromatic rings. The molecule has 1 saturated carbocycles. The number of rotatable bonds is 6. The number of fused-ring (bicyclic) bond motifs is 2. The van der Waals surface area contributed by atoms with Crippen LogP contribution in [0.4, 0.5) is 0 Å². The highest BCUT2D eigenvalue weighted by molar-refractivity contribution is 9.09. The van der Waals surface area contributed by atoms with E-state index in [1.165, 1.54) is 19.8 Å². The number of carbonyl (C=O) groups is 1. The number of hydrogen-bond donors (Lipinski definition) is 1. The second kappa shape index (κ2) is 8.32. The third-order valence-electron chi connectivity index (χ3n) is 6.88. The van der Waals surface area contributed by atoms with Crippen LogP contribution in [0.3, 0.4) is 0 Å². The maximum atomic E-state index is 12.0. The van der Waals surface area contributed by atoms with Gasteiger partial charge in [0.05, 0.1) is 12.1 Å². The summed E-state index contributed by atoms with van der Waals surface area (Å²) in [5.41, 5.74) is 2.64. The lowest BCUT2D eigenvalue weighted by Gasteiger charge is -2.48. The number of alkyl halides is 1. The topological polar surface area (TPSA) is 62.7 Å². The summed E-state index contributed by atoms with van der Waals surface area (Å²) in [5.74, 6) is 1.18. The zero-order valence-electron chi connectivity index (χ0n) is 17.2. The molecule has 0 bridgehead atoms. The van der Waals surface area contributed by atoms with Gasteiger partial charge in [-0.3, -0.25) is 14.7 Å². The molecule has 2 fully saturated rings. The summed E-state index contributed by atoms with van der Waals surface area (Å²) in [5, 5.41) is 10.5. The van der Waals surface area contributed by atoms with Crippen molar-refractivity contribution < 1.29 is 14.6 Å². The number of esters is 1. The molecule has 0 radical (unpaired) electrons. The van der Waals surface area contributed by atoms with E-state index in [4.69, 9.17) is 4.74 Å². The Labute approximate surface area is 180 Å². The molecule has 2 aliphatic rings. The Morgan fingerprint density at radius 1 is 1.38 bits per heavy atom. The van der Waals surface area contributed by atoms with Crippen LogP contribution in [0.5, 0.6) is 0 Å². The van der Waals surface area contributed by atoms with E-state index in [1.807, 2.05) is 24.3 Å². The van der Waals surface area contributed by atoms with Crippen LogP contribution >= 0.6 is 15.9 Å². The molecule has 29 heavy (non-hydrogen) atoms. The predicted octanol–water partition coefficient (Wildman–Crippen LogP) is 4.21. The van der Waals surface area contributed by atoms with Crippen molar-refractivity contribution in [1.82, 2.24) is 9.88 Å². The molecule has 6 atom stereocenters. The molecule has 1 aromatic carbocycles. The number of nitrogens with zero attached hydrogens (tertiary/aromatic N) is 2. The van der Waals surface area contributed by atoms with Crippen LogP contribution in [0, 0.1) is 11.8 Å². The quantitative estimate of drug-likeness (QED) is 0.516. The summed E-state index contributed by atoms with van der Waals surface area (Å²) < 4.78 is 5.89. The molecule has 1 unspecified atom stereocenters. The van der Waals surface area contributed by atoms with Gasteiger partial charge in [0.1, 0.15) is 6.10 Å². The number of ether oxygens (including phenoxy) is 1. The van der Waals surface area contributed by atoms with Crippen LogP contribution < -0.4 is 0 Å². The second-order valence-corrected chi connectivity index (χ2v) is 9.96. The van der Waals surface area contributed by atoms with Crippen LogP contribution in [0.2, 0.25) is 0 Å². The third kappa shape index (κ3) is 3.82. The molecule has 2 heterocycles. The molecule has 6 heteroatoms. The molecule has 1 aromatic heterocycles. The van der Waals surface area contributed by atoms with Crippen LogP contribution in [0.25, 0.3) is 10.9 Å². The van der Waals surface area contributed by atoms with Gasteiger partial charge in [0.15, 0.2) is 0 Å². The molecular formula is C23H29BrN2O3. The van der Waals surface area contributed by atoms with Gasteiger partial charge in [0, 0.05) is 41.0 Å². The fourth-order valence-electron chi connectivity index (χ4n) is 5.34. The maximum Gasteiger partial charge on any atom is 0.303 e. The van der Waals surface area contributed by atoms with E-state index in [-0.39, 0.29) is 24.7 Å². The molecule has 1 aliphatic heterocycles. The largest absolute Gasteiger partial charge is 0.456 e. The van der Waals surface area contributed by atoms with E-state index in [9.17, 15) is 9.90 Å². The second-order valence-electron chi connectivity index (χ2n) is 8.52. The summed E-state index contributed by atoms with van der Waals surface area (Å²) in [6.07, 6.45) is 3.80. The number of carbonyl (C=O) groups excluding carboxylic acids is 1. The monoisotopic (exact) mass is 460 g/mol. The number of aliphatic hydroxyl groups is 1. The minimum Gasteiger partial charge on any atom is -0.456 e. The minimum absolute atomic E-state index is 0.0277. The Morgan fingerprint density at radius 3 is 2.86 bits per heavy atom. The number of pyridine rings is 1. The molecule has 0 spiro atoms. The highest BCUT2D eigenvalue weighted by Crippen LogP contribution is 2.50. The van der Waals surface area contributed by atoms with Crippen molar-refractivity contribution in [3.05, 3.63) is 41.6 Å². The zero-order valence-corrected chi connectivity index (χ0v) is 18.8. The fourth-order valence-corrected chi connectivity index (χ4v) is 5.95. The number of halogens is 1. The Balaban J connectivity index is 1.67. The Bertz CT molecular complexity index is 903. The van der Waals surface area contributed by atoms with Crippen LogP contribution in [0.1, 0.15) is 50.8 Å². The molecule has 156 valence electrons. The van der Waals surface area contributed by atoms with Gasteiger partial charge in [-0.1, -0.05) is 28.9 Å². The number of aromatic nitrogens is 1. The van der Waals surface area contributed by atoms with Gasteiger partial charge in [0.2, 0.25) is 0 Å². The summed E-state index contributed by atoms with van der Waals surface area (Å²) >= 11 is 3.77. The normalized spacial score (nSPS) is 27.1. The molecule has 0 amide bonds. The number of aliphatic hydroxyl groups excluding tert-OH is 1. The van der Waals surface area contributed by atoms with Crippen molar-refractivity contribution in [2.24, 2.45) is 11.8 Å². The van der Waals surface area contributed by atoms with Gasteiger partial charge < -0.3 is 9.84 Å². The van der Waals surface area contributed by atoms with Gasteiger partial charge in [-0.25, -0.2) is 0 Å². The molecule has 1 N–H and O–H groups in total. The smallest absolute Gasteiger partial charge is 0.303 e. The first-order valence-electron chi connectivity index (χ1n) is 10.5. The molecular weight excluding hydrogens is 432 g/mol.